The van der Waals surface area contributed by atoms with E-state index in [1.807, 2.05) is 11.0 Å². The molecule has 1 aromatic carbocycles. The quantitative estimate of drug-likeness (QED) is 0.430. The maximum atomic E-state index is 11.6. The molecule has 0 unspecified atom stereocenters. The van der Waals surface area contributed by atoms with Gasteiger partial charge in [-0.15, -0.1) is 0 Å². The molecule has 1 amide bonds. The first kappa shape index (κ1) is 12.8. The Labute approximate surface area is 106 Å². The summed E-state index contributed by atoms with van der Waals surface area (Å²) in [4.78, 5) is 13.5. The first-order valence-corrected chi connectivity index (χ1v) is 7.41. The third kappa shape index (κ3) is 2.62. The number of anilines is 1. The van der Waals surface area contributed by atoms with E-state index >= 15 is 0 Å². The molecule has 0 aromatic heterocycles. The standard InChI is InChI=1S/C11H15N3O3S/c12-13-11(15)9-3-1-2-4-10(9)14-5-7-18(16,17)8-6-14/h1-4H,5-8,12H2,(H,13,15). The lowest BCUT2D eigenvalue weighted by molar-refractivity contribution is 0.0954. The zero-order valence-electron chi connectivity index (χ0n) is 9.80. The first-order valence-electron chi connectivity index (χ1n) is 5.59. The molecule has 6 nitrogen and oxygen atoms in total. The summed E-state index contributed by atoms with van der Waals surface area (Å²) < 4.78 is 22.8. The largest absolute Gasteiger partial charge is 0.369 e. The van der Waals surface area contributed by atoms with Crippen molar-refractivity contribution in [1.29, 1.82) is 0 Å². The van der Waals surface area contributed by atoms with E-state index in [0.29, 0.717) is 18.7 Å². The van der Waals surface area contributed by atoms with E-state index in [1.165, 1.54) is 0 Å². The van der Waals surface area contributed by atoms with Gasteiger partial charge in [-0.3, -0.25) is 10.2 Å². The highest BCUT2D eigenvalue weighted by Gasteiger charge is 2.24. The van der Waals surface area contributed by atoms with Crippen LogP contribution in [0.1, 0.15) is 10.4 Å². The Morgan fingerprint density at radius 3 is 2.44 bits per heavy atom. The Balaban J connectivity index is 2.27. The van der Waals surface area contributed by atoms with Crippen LogP contribution in [0.15, 0.2) is 24.3 Å². The highest BCUT2D eigenvalue weighted by molar-refractivity contribution is 7.91. The van der Waals surface area contributed by atoms with E-state index in [4.69, 9.17) is 5.84 Å². The molecule has 18 heavy (non-hydrogen) atoms. The molecule has 3 N–H and O–H groups in total. The number of hydrogen-bond donors (Lipinski definition) is 2. The average Bonchev–Trinajstić information content (AvgIpc) is 2.38. The van der Waals surface area contributed by atoms with Crippen molar-refractivity contribution in [3.63, 3.8) is 0 Å². The molecule has 1 aliphatic rings. The van der Waals surface area contributed by atoms with Crippen LogP contribution in [0, 0.1) is 0 Å². The number of amides is 1. The number of sulfone groups is 1. The van der Waals surface area contributed by atoms with E-state index in [9.17, 15) is 13.2 Å². The van der Waals surface area contributed by atoms with Crippen molar-refractivity contribution in [2.45, 2.75) is 0 Å². The number of rotatable bonds is 2. The molecular formula is C11H15N3O3S. The van der Waals surface area contributed by atoms with E-state index in [0.717, 1.165) is 5.69 Å². The highest BCUT2D eigenvalue weighted by Crippen LogP contribution is 2.22. The second-order valence-electron chi connectivity index (χ2n) is 4.13. The fraction of sp³-hybridized carbons (Fsp3) is 0.364. The van der Waals surface area contributed by atoms with Gasteiger partial charge in [0.1, 0.15) is 0 Å². The van der Waals surface area contributed by atoms with Crippen LogP contribution in [-0.4, -0.2) is 38.9 Å². The topological polar surface area (TPSA) is 92.5 Å². The second kappa shape index (κ2) is 4.95. The molecule has 0 aliphatic carbocycles. The van der Waals surface area contributed by atoms with Gasteiger partial charge in [0.05, 0.1) is 17.1 Å². The summed E-state index contributed by atoms with van der Waals surface area (Å²) in [7, 11) is -2.93. The predicted octanol–water partition coefficient (Wildman–Crippen LogP) is -0.475. The van der Waals surface area contributed by atoms with Crippen molar-refractivity contribution in [2.24, 2.45) is 5.84 Å². The maximum Gasteiger partial charge on any atom is 0.267 e. The van der Waals surface area contributed by atoms with E-state index in [1.54, 1.807) is 18.2 Å². The summed E-state index contributed by atoms with van der Waals surface area (Å²) in [5.41, 5.74) is 3.27. The van der Waals surface area contributed by atoms with Gasteiger partial charge in [-0.2, -0.15) is 0 Å². The van der Waals surface area contributed by atoms with Gasteiger partial charge in [0.15, 0.2) is 9.84 Å². The van der Waals surface area contributed by atoms with Crippen molar-refractivity contribution in [3.05, 3.63) is 29.8 Å². The summed E-state index contributed by atoms with van der Waals surface area (Å²) in [5, 5.41) is 0. The fourth-order valence-electron chi connectivity index (χ4n) is 1.97. The minimum atomic E-state index is -2.93. The lowest BCUT2D eigenvalue weighted by atomic mass is 10.1. The SMILES string of the molecule is NNC(=O)c1ccccc1N1CCS(=O)(=O)CC1. The first-order chi connectivity index (χ1) is 8.53. The summed E-state index contributed by atoms with van der Waals surface area (Å²) in [6, 6.07) is 7.02. The normalized spacial score (nSPS) is 18.4. The minimum absolute atomic E-state index is 0.117. The van der Waals surface area contributed by atoms with E-state index in [2.05, 4.69) is 5.43 Å². The summed E-state index contributed by atoms with van der Waals surface area (Å²) in [6.45, 7) is 0.800. The number of nitrogens with zero attached hydrogens (tertiary/aromatic N) is 1. The number of para-hydroxylation sites is 1. The van der Waals surface area contributed by atoms with Crippen molar-refractivity contribution < 1.29 is 13.2 Å². The Hall–Kier alpha value is -1.60. The number of carbonyl (C=O) groups is 1. The van der Waals surface area contributed by atoms with E-state index in [-0.39, 0.29) is 17.4 Å². The van der Waals surface area contributed by atoms with Gasteiger partial charge in [-0.1, -0.05) is 12.1 Å². The molecule has 1 saturated heterocycles. The smallest absolute Gasteiger partial charge is 0.267 e. The Morgan fingerprint density at radius 1 is 1.22 bits per heavy atom. The molecule has 1 fully saturated rings. The average molecular weight is 269 g/mol. The van der Waals surface area contributed by atoms with Gasteiger partial charge in [-0.05, 0) is 12.1 Å². The third-order valence-corrected chi connectivity index (χ3v) is 4.57. The van der Waals surface area contributed by atoms with Crippen LogP contribution in [0.2, 0.25) is 0 Å². The number of nitrogen functional groups attached to an aromatic ring is 1. The van der Waals surface area contributed by atoms with E-state index < -0.39 is 9.84 Å². The molecule has 0 bridgehead atoms. The molecule has 0 atom stereocenters. The number of benzene rings is 1. The van der Waals surface area contributed by atoms with Crippen LogP contribution in [0.25, 0.3) is 0 Å². The summed E-state index contributed by atoms with van der Waals surface area (Å²) in [5.74, 6) is 4.99. The summed E-state index contributed by atoms with van der Waals surface area (Å²) in [6.07, 6.45) is 0. The zero-order valence-corrected chi connectivity index (χ0v) is 10.6. The molecule has 1 aromatic rings. The molecule has 7 heteroatoms. The Bertz CT molecular complexity index is 542. The predicted molar refractivity (Wildman–Crippen MR) is 69.0 cm³/mol. The van der Waals surface area contributed by atoms with Crippen molar-refractivity contribution >= 4 is 21.4 Å². The number of nitrogens with one attached hydrogen (secondary N) is 1. The van der Waals surface area contributed by atoms with Gasteiger partial charge in [0.2, 0.25) is 0 Å². The van der Waals surface area contributed by atoms with Crippen LogP contribution in [0.3, 0.4) is 0 Å². The van der Waals surface area contributed by atoms with Gasteiger partial charge >= 0.3 is 0 Å². The maximum absolute atomic E-state index is 11.6. The van der Waals surface area contributed by atoms with Gasteiger partial charge < -0.3 is 4.90 Å². The van der Waals surface area contributed by atoms with Gasteiger partial charge in [0, 0.05) is 18.8 Å². The van der Waals surface area contributed by atoms with Crippen LogP contribution >= 0.6 is 0 Å². The minimum Gasteiger partial charge on any atom is -0.369 e. The van der Waals surface area contributed by atoms with Crippen LogP contribution in [0.4, 0.5) is 5.69 Å². The molecule has 1 heterocycles. The molecule has 98 valence electrons. The van der Waals surface area contributed by atoms with Crippen LogP contribution in [0.5, 0.6) is 0 Å². The highest BCUT2D eigenvalue weighted by atomic mass is 32.2. The molecule has 1 aliphatic heterocycles. The number of carbonyl (C=O) groups excluding carboxylic acids is 1. The van der Waals surface area contributed by atoms with Crippen molar-refractivity contribution in [3.8, 4) is 0 Å². The number of hydrogen-bond acceptors (Lipinski definition) is 5. The van der Waals surface area contributed by atoms with Crippen molar-refractivity contribution in [1.82, 2.24) is 5.43 Å². The third-order valence-electron chi connectivity index (χ3n) is 2.96. The second-order valence-corrected chi connectivity index (χ2v) is 6.43. The lowest BCUT2D eigenvalue weighted by Crippen LogP contribution is -2.41. The Morgan fingerprint density at radius 2 is 1.83 bits per heavy atom. The molecular weight excluding hydrogens is 254 g/mol. The lowest BCUT2D eigenvalue weighted by Gasteiger charge is -2.30. The number of hydrazine groups is 1. The van der Waals surface area contributed by atoms with Crippen LogP contribution < -0.4 is 16.2 Å². The number of nitrogens with two attached hydrogens (primary N) is 1. The Kier molecular flexibility index (Phi) is 3.53. The summed E-state index contributed by atoms with van der Waals surface area (Å²) >= 11 is 0. The van der Waals surface area contributed by atoms with Gasteiger partial charge in [-0.25, -0.2) is 14.3 Å². The monoisotopic (exact) mass is 269 g/mol. The molecule has 0 spiro atoms. The molecule has 0 saturated carbocycles. The van der Waals surface area contributed by atoms with Gasteiger partial charge in [0.25, 0.3) is 5.91 Å². The fourth-order valence-corrected chi connectivity index (χ4v) is 3.17. The zero-order chi connectivity index (χ0) is 13.2. The molecule has 2 rings (SSSR count). The van der Waals surface area contributed by atoms with Crippen molar-refractivity contribution in [2.75, 3.05) is 29.5 Å². The molecule has 0 radical (unpaired) electrons. The van der Waals surface area contributed by atoms with Crippen LogP contribution in [-0.2, 0) is 9.84 Å².